The van der Waals surface area contributed by atoms with Gasteiger partial charge < -0.3 is 5.73 Å². The van der Waals surface area contributed by atoms with E-state index in [2.05, 4.69) is 5.10 Å². The van der Waals surface area contributed by atoms with Gasteiger partial charge in [0.25, 0.3) is 0 Å². The van der Waals surface area contributed by atoms with E-state index in [0.717, 1.165) is 28.2 Å². The molecule has 0 aliphatic rings. The zero-order valence-electron chi connectivity index (χ0n) is 14.5. The predicted molar refractivity (Wildman–Crippen MR) is 100 cm³/mol. The summed E-state index contributed by atoms with van der Waals surface area (Å²) in [6.45, 7) is 3.77. The first-order chi connectivity index (χ1) is 12.4. The van der Waals surface area contributed by atoms with Gasteiger partial charge >= 0.3 is 0 Å². The number of nitrogens with zero attached hydrogens (tertiary/aromatic N) is 2. The van der Waals surface area contributed by atoms with Gasteiger partial charge in [0.05, 0.1) is 22.3 Å². The SMILES string of the molecule is Cc1nn(-c2ccccc2)c(C)c1C(Cc1ccc(F)c(Cl)c1)C(N)=O. The number of rotatable bonds is 5. The van der Waals surface area contributed by atoms with E-state index in [1.807, 2.05) is 44.2 Å². The van der Waals surface area contributed by atoms with E-state index >= 15 is 0 Å². The summed E-state index contributed by atoms with van der Waals surface area (Å²) in [5, 5.41) is 4.61. The Morgan fingerprint density at radius 1 is 1.23 bits per heavy atom. The van der Waals surface area contributed by atoms with Gasteiger partial charge in [-0.2, -0.15) is 5.10 Å². The van der Waals surface area contributed by atoms with Crippen LogP contribution < -0.4 is 5.73 Å². The smallest absolute Gasteiger partial charge is 0.225 e. The number of para-hydroxylation sites is 1. The molecule has 1 amide bonds. The monoisotopic (exact) mass is 371 g/mol. The first kappa shape index (κ1) is 18.1. The maximum atomic E-state index is 13.4. The molecule has 3 rings (SSSR count). The van der Waals surface area contributed by atoms with Gasteiger partial charge in [0.1, 0.15) is 5.82 Å². The lowest BCUT2D eigenvalue weighted by Gasteiger charge is -2.15. The molecule has 1 aromatic heterocycles. The van der Waals surface area contributed by atoms with E-state index in [-0.39, 0.29) is 5.02 Å². The van der Waals surface area contributed by atoms with E-state index in [4.69, 9.17) is 17.3 Å². The summed E-state index contributed by atoms with van der Waals surface area (Å²) < 4.78 is 15.2. The van der Waals surface area contributed by atoms with Gasteiger partial charge in [0, 0.05) is 11.3 Å². The Morgan fingerprint density at radius 3 is 2.54 bits per heavy atom. The van der Waals surface area contributed by atoms with Crippen molar-refractivity contribution in [3.8, 4) is 5.69 Å². The Labute approximate surface area is 156 Å². The fraction of sp³-hybridized carbons (Fsp3) is 0.200. The fourth-order valence-corrected chi connectivity index (χ4v) is 3.43. The number of amides is 1. The lowest BCUT2D eigenvalue weighted by molar-refractivity contribution is -0.119. The van der Waals surface area contributed by atoms with Crippen molar-refractivity contribution in [2.24, 2.45) is 5.73 Å². The average molecular weight is 372 g/mol. The number of benzene rings is 2. The topological polar surface area (TPSA) is 60.9 Å². The molecule has 0 saturated heterocycles. The Bertz CT molecular complexity index is 953. The number of aryl methyl sites for hydroxylation is 1. The summed E-state index contributed by atoms with van der Waals surface area (Å²) in [6, 6.07) is 14.1. The summed E-state index contributed by atoms with van der Waals surface area (Å²) >= 11 is 5.86. The van der Waals surface area contributed by atoms with Gasteiger partial charge in [0.2, 0.25) is 5.91 Å². The molecule has 3 aromatic rings. The third-order valence-corrected chi connectivity index (χ3v) is 4.75. The van der Waals surface area contributed by atoms with Gasteiger partial charge in [-0.15, -0.1) is 0 Å². The molecule has 1 heterocycles. The van der Waals surface area contributed by atoms with E-state index in [1.54, 1.807) is 10.7 Å². The zero-order chi connectivity index (χ0) is 18.8. The van der Waals surface area contributed by atoms with Gasteiger partial charge in [-0.05, 0) is 50.1 Å². The van der Waals surface area contributed by atoms with Crippen molar-refractivity contribution in [1.29, 1.82) is 0 Å². The maximum absolute atomic E-state index is 13.4. The maximum Gasteiger partial charge on any atom is 0.225 e. The van der Waals surface area contributed by atoms with Crippen LogP contribution >= 0.6 is 11.6 Å². The van der Waals surface area contributed by atoms with Crippen LogP contribution in [0.15, 0.2) is 48.5 Å². The number of carbonyl (C=O) groups excluding carboxylic acids is 1. The van der Waals surface area contributed by atoms with Crippen LogP contribution in [0.25, 0.3) is 5.69 Å². The Hall–Kier alpha value is -2.66. The van der Waals surface area contributed by atoms with Crippen molar-refractivity contribution in [1.82, 2.24) is 9.78 Å². The minimum atomic E-state index is -0.575. The number of hydrogen-bond donors (Lipinski definition) is 1. The van der Waals surface area contributed by atoms with Crippen molar-refractivity contribution in [2.75, 3.05) is 0 Å². The second-order valence-corrected chi connectivity index (χ2v) is 6.65. The molecule has 1 unspecified atom stereocenters. The van der Waals surface area contributed by atoms with Crippen LogP contribution in [-0.2, 0) is 11.2 Å². The molecule has 0 spiro atoms. The predicted octanol–water partition coefficient (Wildman–Crippen LogP) is 4.09. The fourth-order valence-electron chi connectivity index (χ4n) is 3.23. The van der Waals surface area contributed by atoms with Crippen LogP contribution in [0.2, 0.25) is 5.02 Å². The van der Waals surface area contributed by atoms with Crippen molar-refractivity contribution in [2.45, 2.75) is 26.2 Å². The quantitative estimate of drug-likeness (QED) is 0.734. The first-order valence-corrected chi connectivity index (χ1v) is 8.61. The lowest BCUT2D eigenvalue weighted by atomic mass is 9.90. The molecule has 0 bridgehead atoms. The highest BCUT2D eigenvalue weighted by Crippen LogP contribution is 2.29. The molecule has 1 atom stereocenters. The second-order valence-electron chi connectivity index (χ2n) is 6.24. The van der Waals surface area contributed by atoms with E-state index in [1.165, 1.54) is 12.1 Å². The second kappa shape index (κ2) is 7.30. The number of aromatic nitrogens is 2. The molecule has 6 heteroatoms. The molecule has 0 saturated carbocycles. The van der Waals surface area contributed by atoms with Crippen LogP contribution in [0.5, 0.6) is 0 Å². The highest BCUT2D eigenvalue weighted by molar-refractivity contribution is 6.30. The number of nitrogens with two attached hydrogens (primary N) is 1. The minimum Gasteiger partial charge on any atom is -0.369 e. The van der Waals surface area contributed by atoms with Gasteiger partial charge in [-0.3, -0.25) is 4.79 Å². The largest absolute Gasteiger partial charge is 0.369 e. The van der Waals surface area contributed by atoms with E-state index in [9.17, 15) is 9.18 Å². The van der Waals surface area contributed by atoms with E-state index in [0.29, 0.717) is 6.42 Å². The zero-order valence-corrected chi connectivity index (χ0v) is 15.3. The number of carbonyl (C=O) groups is 1. The standard InChI is InChI=1S/C20H19ClFN3O/c1-12-19(13(2)25(24-12)15-6-4-3-5-7-15)16(20(23)26)10-14-8-9-18(22)17(21)11-14/h3-9,11,16H,10H2,1-2H3,(H2,23,26). The molecule has 2 aromatic carbocycles. The molecule has 0 radical (unpaired) electrons. The van der Waals surface area contributed by atoms with Crippen molar-refractivity contribution < 1.29 is 9.18 Å². The Balaban J connectivity index is 2.02. The molecule has 0 fully saturated rings. The summed E-state index contributed by atoms with van der Waals surface area (Å²) in [4.78, 5) is 12.2. The lowest BCUT2D eigenvalue weighted by Crippen LogP contribution is -2.24. The molecule has 134 valence electrons. The van der Waals surface area contributed by atoms with Gasteiger partial charge in [-0.25, -0.2) is 9.07 Å². The highest BCUT2D eigenvalue weighted by atomic mass is 35.5. The molecular formula is C20H19ClFN3O. The molecule has 4 nitrogen and oxygen atoms in total. The normalized spacial score (nSPS) is 12.2. The van der Waals surface area contributed by atoms with Crippen LogP contribution in [0.1, 0.15) is 28.4 Å². The molecule has 0 aliphatic carbocycles. The minimum absolute atomic E-state index is 0.0270. The first-order valence-electron chi connectivity index (χ1n) is 8.23. The van der Waals surface area contributed by atoms with Crippen LogP contribution in [0, 0.1) is 19.7 Å². The number of hydrogen-bond acceptors (Lipinski definition) is 2. The van der Waals surface area contributed by atoms with E-state index < -0.39 is 17.6 Å². The summed E-state index contributed by atoms with van der Waals surface area (Å²) in [7, 11) is 0. The highest BCUT2D eigenvalue weighted by Gasteiger charge is 2.26. The van der Waals surface area contributed by atoms with Crippen molar-refractivity contribution in [3.63, 3.8) is 0 Å². The summed E-state index contributed by atoms with van der Waals surface area (Å²) in [5.41, 5.74) is 9.72. The van der Waals surface area contributed by atoms with Crippen LogP contribution in [0.4, 0.5) is 4.39 Å². The third-order valence-electron chi connectivity index (χ3n) is 4.46. The van der Waals surface area contributed by atoms with Crippen molar-refractivity contribution >= 4 is 17.5 Å². The molecule has 0 aliphatic heterocycles. The molecule has 26 heavy (non-hydrogen) atoms. The van der Waals surface area contributed by atoms with Crippen LogP contribution in [-0.4, -0.2) is 15.7 Å². The van der Waals surface area contributed by atoms with Crippen LogP contribution in [0.3, 0.4) is 0 Å². The Morgan fingerprint density at radius 2 is 1.92 bits per heavy atom. The number of halogens is 2. The van der Waals surface area contributed by atoms with Crippen molar-refractivity contribution in [3.05, 3.63) is 81.9 Å². The third kappa shape index (κ3) is 3.48. The Kier molecular flexibility index (Phi) is 5.09. The summed E-state index contributed by atoms with van der Waals surface area (Å²) in [6.07, 6.45) is 0.331. The summed E-state index contributed by atoms with van der Waals surface area (Å²) in [5.74, 6) is -1.52. The molecular weight excluding hydrogens is 353 g/mol. The average Bonchev–Trinajstić information content (AvgIpc) is 2.91. The van der Waals surface area contributed by atoms with Gasteiger partial charge in [0.15, 0.2) is 0 Å². The molecule has 2 N–H and O–H groups in total. The number of primary amides is 1. The van der Waals surface area contributed by atoms with Gasteiger partial charge in [-0.1, -0.05) is 35.9 Å².